The second-order valence-corrected chi connectivity index (χ2v) is 3.82. The van der Waals surface area contributed by atoms with Crippen LogP contribution in [0.25, 0.3) is 0 Å². The molecule has 1 atom stereocenters. The van der Waals surface area contributed by atoms with Gasteiger partial charge in [-0.05, 0) is 17.1 Å². The van der Waals surface area contributed by atoms with E-state index in [0.29, 0.717) is 10.9 Å². The third-order valence-electron chi connectivity index (χ3n) is 1.81. The van der Waals surface area contributed by atoms with E-state index in [1.54, 1.807) is 18.2 Å². The average Bonchev–Trinajstić information content (AvgIpc) is 2.15. The van der Waals surface area contributed by atoms with Gasteiger partial charge in [-0.3, -0.25) is 4.79 Å². The summed E-state index contributed by atoms with van der Waals surface area (Å²) in [7, 11) is -2.39. The first-order valence-corrected chi connectivity index (χ1v) is 5.28. The molecule has 0 aliphatic carbocycles. The lowest BCUT2D eigenvalue weighted by atomic mass is 10.1. The molecule has 3 radical (unpaired) electrons. The van der Waals surface area contributed by atoms with Crippen molar-refractivity contribution in [2.45, 2.75) is 12.8 Å². The molecule has 0 aromatic heterocycles. The van der Waals surface area contributed by atoms with Crippen molar-refractivity contribution >= 4 is 36.7 Å². The Morgan fingerprint density at radius 3 is 2.47 bits per heavy atom. The lowest BCUT2D eigenvalue weighted by Gasteiger charge is -1.96. The first-order chi connectivity index (χ1) is 6.61. The highest BCUT2D eigenvalue weighted by atomic mass is 31.1. The Kier molecular flexibility index (Phi) is 6.39. The first kappa shape index (κ1) is 14.3. The highest BCUT2D eigenvalue weighted by molar-refractivity contribution is 7.47. The molecule has 1 aromatic carbocycles. The van der Waals surface area contributed by atoms with Crippen molar-refractivity contribution in [2.75, 3.05) is 0 Å². The van der Waals surface area contributed by atoms with Crippen LogP contribution in [0, 0.1) is 0 Å². The second kappa shape index (κ2) is 6.71. The summed E-state index contributed by atoms with van der Waals surface area (Å²) >= 11 is 0. The van der Waals surface area contributed by atoms with E-state index in [1.807, 2.05) is 0 Å². The molecule has 0 spiro atoms. The highest BCUT2D eigenvalue weighted by Crippen LogP contribution is 2.16. The minimum Gasteiger partial charge on any atom is -0.481 e. The smallest absolute Gasteiger partial charge is 0.481 e. The van der Waals surface area contributed by atoms with Crippen molar-refractivity contribution in [1.82, 2.24) is 0 Å². The molecule has 0 aliphatic rings. The van der Waals surface area contributed by atoms with Crippen LogP contribution in [0.5, 0.6) is 0 Å². The lowest BCUT2D eigenvalue weighted by molar-refractivity contribution is -0.136. The molecule has 1 aromatic rings. The Morgan fingerprint density at radius 1 is 1.33 bits per heavy atom. The van der Waals surface area contributed by atoms with Crippen molar-refractivity contribution < 1.29 is 19.4 Å². The fourth-order valence-corrected chi connectivity index (χ4v) is 1.80. The fourth-order valence-electron chi connectivity index (χ4n) is 1.15. The van der Waals surface area contributed by atoms with Crippen molar-refractivity contribution in [1.29, 1.82) is 0 Å². The number of hydrogen-bond acceptors (Lipinski definition) is 2. The fraction of sp³-hybridized carbons (Fsp3) is 0.222. The predicted octanol–water partition coefficient (Wildman–Crippen LogP) is 0.683. The largest absolute Gasteiger partial charge is 0.546 e. The molecule has 15 heavy (non-hydrogen) atoms. The van der Waals surface area contributed by atoms with E-state index in [9.17, 15) is 9.36 Å². The Labute approximate surface area is 98.9 Å². The van der Waals surface area contributed by atoms with E-state index in [1.165, 1.54) is 6.07 Å². The van der Waals surface area contributed by atoms with E-state index >= 15 is 0 Å². The standard InChI is InChI=1S/C9H9O4P.Al/c10-9(11)6-5-7-3-1-2-4-8(7)14(12)13;/h1-4H,5-6H2,(H-,10,11,12,13);/p+1. The number of benzene rings is 1. The van der Waals surface area contributed by atoms with Crippen LogP contribution in [-0.2, 0) is 15.8 Å². The summed E-state index contributed by atoms with van der Waals surface area (Å²) in [6.07, 6.45) is 0.257. The number of carboxylic acid groups (broad SMARTS) is 1. The average molecular weight is 240 g/mol. The van der Waals surface area contributed by atoms with Gasteiger partial charge in [-0.1, -0.05) is 18.2 Å². The molecule has 1 rings (SSSR count). The van der Waals surface area contributed by atoms with Crippen molar-refractivity contribution in [3.05, 3.63) is 29.8 Å². The minimum absolute atomic E-state index is 0. The van der Waals surface area contributed by atoms with Gasteiger partial charge in [-0.15, -0.1) is 0 Å². The number of carbonyl (C=O) groups is 1. The van der Waals surface area contributed by atoms with E-state index in [4.69, 9.17) is 10.00 Å². The van der Waals surface area contributed by atoms with Crippen molar-refractivity contribution in [3.8, 4) is 0 Å². The number of aryl methyl sites for hydroxylation is 1. The molecule has 0 saturated heterocycles. The lowest BCUT2D eigenvalue weighted by Crippen LogP contribution is -2.07. The molecule has 0 saturated carbocycles. The quantitative estimate of drug-likeness (QED) is 0.599. The van der Waals surface area contributed by atoms with Crippen LogP contribution in [0.3, 0.4) is 0 Å². The highest BCUT2D eigenvalue weighted by Gasteiger charge is 2.20. The zero-order valence-electron chi connectivity index (χ0n) is 7.96. The maximum absolute atomic E-state index is 10.9. The van der Waals surface area contributed by atoms with Crippen LogP contribution in [0.2, 0.25) is 0 Å². The van der Waals surface area contributed by atoms with Gasteiger partial charge in [0.05, 0.1) is 0 Å². The molecule has 6 heteroatoms. The maximum Gasteiger partial charge on any atom is 0.546 e. The Hall–Kier alpha value is -0.718. The second-order valence-electron chi connectivity index (χ2n) is 2.80. The summed E-state index contributed by atoms with van der Waals surface area (Å²) in [6.45, 7) is 0. The number of aliphatic carboxylic acids is 1. The van der Waals surface area contributed by atoms with Gasteiger partial charge in [-0.25, -0.2) is 0 Å². The van der Waals surface area contributed by atoms with Crippen molar-refractivity contribution in [3.63, 3.8) is 0 Å². The molecule has 0 bridgehead atoms. The van der Waals surface area contributed by atoms with E-state index in [-0.39, 0.29) is 30.2 Å². The molecular weight excluding hydrogens is 230 g/mol. The molecule has 0 amide bonds. The first-order valence-electron chi connectivity index (χ1n) is 4.07. The Bertz CT molecular complexity index is 367. The summed E-state index contributed by atoms with van der Waals surface area (Å²) in [5.74, 6) is -0.909. The molecule has 4 nitrogen and oxygen atoms in total. The van der Waals surface area contributed by atoms with Gasteiger partial charge in [-0.2, -0.15) is 4.89 Å². The topological polar surface area (TPSA) is 74.6 Å². The van der Waals surface area contributed by atoms with Gasteiger partial charge >= 0.3 is 14.0 Å². The molecule has 0 heterocycles. The van der Waals surface area contributed by atoms with Crippen LogP contribution < -0.4 is 5.30 Å². The van der Waals surface area contributed by atoms with E-state index in [0.717, 1.165) is 0 Å². The van der Waals surface area contributed by atoms with Crippen LogP contribution in [0.15, 0.2) is 24.3 Å². The Balaban J connectivity index is 0.00000196. The monoisotopic (exact) mass is 240 g/mol. The summed E-state index contributed by atoms with van der Waals surface area (Å²) in [6, 6.07) is 6.58. The van der Waals surface area contributed by atoms with Crippen LogP contribution in [0.1, 0.15) is 12.0 Å². The summed E-state index contributed by atoms with van der Waals surface area (Å²) in [4.78, 5) is 19.3. The normalized spacial score (nSPS) is 10.3. The Morgan fingerprint density at radius 2 is 1.93 bits per heavy atom. The van der Waals surface area contributed by atoms with Gasteiger partial charge in [0.25, 0.3) is 0 Å². The molecule has 0 fully saturated rings. The molecular formula is C9H10AlO4P+. The van der Waals surface area contributed by atoms with Gasteiger partial charge in [0, 0.05) is 29.3 Å². The van der Waals surface area contributed by atoms with E-state index < -0.39 is 14.0 Å². The molecule has 2 N–H and O–H groups in total. The predicted molar refractivity (Wildman–Crippen MR) is 57.6 cm³/mol. The van der Waals surface area contributed by atoms with Gasteiger partial charge < -0.3 is 5.11 Å². The van der Waals surface area contributed by atoms with Crippen LogP contribution in [-0.4, -0.2) is 33.3 Å². The summed E-state index contributed by atoms with van der Waals surface area (Å²) < 4.78 is 10.9. The zero-order valence-corrected chi connectivity index (χ0v) is 10.0. The van der Waals surface area contributed by atoms with Gasteiger partial charge in [0.15, 0.2) is 0 Å². The third kappa shape index (κ3) is 4.55. The minimum atomic E-state index is -2.39. The third-order valence-corrected chi connectivity index (χ3v) is 2.65. The van der Waals surface area contributed by atoms with Gasteiger partial charge in [0.1, 0.15) is 0 Å². The molecule has 0 aliphatic heterocycles. The van der Waals surface area contributed by atoms with Gasteiger partial charge in [0.2, 0.25) is 5.30 Å². The number of rotatable bonds is 4. The molecule has 77 valence electrons. The summed E-state index contributed by atoms with van der Waals surface area (Å²) in [5.41, 5.74) is 0.624. The maximum atomic E-state index is 10.9. The molecule has 1 unspecified atom stereocenters. The number of hydrogen-bond donors (Lipinski definition) is 2. The SMILES string of the molecule is O=C(O)CCc1ccccc1[P+](=O)O.[Al]. The number of carboxylic acids is 1. The van der Waals surface area contributed by atoms with Crippen LogP contribution in [0.4, 0.5) is 0 Å². The van der Waals surface area contributed by atoms with Crippen LogP contribution >= 0.6 is 8.03 Å². The summed E-state index contributed by atoms with van der Waals surface area (Å²) in [5, 5.41) is 8.79. The van der Waals surface area contributed by atoms with Crippen molar-refractivity contribution in [2.24, 2.45) is 0 Å². The van der Waals surface area contributed by atoms with E-state index in [2.05, 4.69) is 0 Å². The zero-order chi connectivity index (χ0) is 10.6.